The first-order valence-electron chi connectivity index (χ1n) is 7.62. The number of halogens is 2. The zero-order valence-electron chi connectivity index (χ0n) is 13.8. The summed E-state index contributed by atoms with van der Waals surface area (Å²) in [7, 11) is 2.39. The maximum absolute atomic E-state index is 13.3. The van der Waals surface area contributed by atoms with Crippen molar-refractivity contribution in [2.24, 2.45) is 0 Å². The molecule has 0 bridgehead atoms. The minimum Gasteiger partial charge on any atom is -0.466 e. The molecule has 1 heterocycles. The van der Waals surface area contributed by atoms with E-state index in [0.29, 0.717) is 11.3 Å². The van der Waals surface area contributed by atoms with Crippen LogP contribution in [0.5, 0.6) is 0 Å². The molecule has 0 amide bonds. The Morgan fingerprint density at radius 3 is 2.52 bits per heavy atom. The van der Waals surface area contributed by atoms with Crippen molar-refractivity contribution in [2.45, 2.75) is 18.3 Å². The fraction of sp³-hybridized carbons (Fsp3) is 0.412. The second-order valence-electron chi connectivity index (χ2n) is 5.83. The van der Waals surface area contributed by atoms with E-state index in [0.717, 1.165) is 0 Å². The average molecular weight is 353 g/mol. The quantitative estimate of drug-likeness (QED) is 0.774. The first kappa shape index (κ1) is 17.3. The molecule has 0 aromatic heterocycles. The van der Waals surface area contributed by atoms with Gasteiger partial charge in [-0.25, -0.2) is 18.4 Å². The van der Waals surface area contributed by atoms with Gasteiger partial charge in [0.05, 0.1) is 32.3 Å². The standard InChI is InChI=1S/C17H17F2NO5/c1-23-15(21)12-8-25-9-20(14(12)16(22)24-2)11-5-3-4-10(6-11)13-7-17(13,18)19/h3-6,13H,7-9H2,1-2H3. The lowest BCUT2D eigenvalue weighted by Crippen LogP contribution is -2.38. The lowest BCUT2D eigenvalue weighted by molar-refractivity contribution is -0.140. The van der Waals surface area contributed by atoms with Crippen molar-refractivity contribution in [2.75, 3.05) is 32.5 Å². The Hall–Kier alpha value is -2.48. The number of alkyl halides is 2. The van der Waals surface area contributed by atoms with Crippen LogP contribution in [0, 0.1) is 0 Å². The van der Waals surface area contributed by atoms with Crippen LogP contribution in [-0.4, -0.2) is 45.4 Å². The van der Waals surface area contributed by atoms with Crippen molar-refractivity contribution in [3.8, 4) is 0 Å². The minimum atomic E-state index is -2.70. The lowest BCUT2D eigenvalue weighted by atomic mass is 10.1. The predicted octanol–water partition coefficient (Wildman–Crippen LogP) is 2.20. The number of anilines is 1. The molecule has 1 atom stereocenters. The molecule has 0 N–H and O–H groups in total. The molecule has 134 valence electrons. The summed E-state index contributed by atoms with van der Waals surface area (Å²) in [5, 5.41) is 0. The molecule has 1 fully saturated rings. The van der Waals surface area contributed by atoms with Crippen molar-refractivity contribution in [1.82, 2.24) is 0 Å². The highest BCUT2D eigenvalue weighted by Crippen LogP contribution is 2.56. The van der Waals surface area contributed by atoms with Crippen molar-refractivity contribution in [3.05, 3.63) is 41.1 Å². The van der Waals surface area contributed by atoms with Gasteiger partial charge in [0, 0.05) is 12.1 Å². The number of esters is 2. The number of carbonyl (C=O) groups excluding carboxylic acids is 2. The van der Waals surface area contributed by atoms with Gasteiger partial charge in [0.15, 0.2) is 0 Å². The van der Waals surface area contributed by atoms with E-state index in [2.05, 4.69) is 4.74 Å². The average Bonchev–Trinajstić information content (AvgIpc) is 3.28. The van der Waals surface area contributed by atoms with Gasteiger partial charge in [0.25, 0.3) is 5.92 Å². The number of nitrogens with zero attached hydrogens (tertiary/aromatic N) is 1. The highest BCUT2D eigenvalue weighted by Gasteiger charge is 2.57. The lowest BCUT2D eigenvalue weighted by Gasteiger charge is -2.31. The van der Waals surface area contributed by atoms with E-state index in [1.165, 1.54) is 19.1 Å². The van der Waals surface area contributed by atoms with E-state index in [9.17, 15) is 18.4 Å². The summed E-state index contributed by atoms with van der Waals surface area (Å²) in [5.74, 6) is -4.97. The van der Waals surface area contributed by atoms with Crippen molar-refractivity contribution in [1.29, 1.82) is 0 Å². The van der Waals surface area contributed by atoms with Gasteiger partial charge in [0.2, 0.25) is 0 Å². The minimum absolute atomic E-state index is 0.0136. The number of carbonyl (C=O) groups is 2. The van der Waals surface area contributed by atoms with Gasteiger partial charge in [-0.15, -0.1) is 0 Å². The molecule has 1 aliphatic carbocycles. The third-order valence-corrected chi connectivity index (χ3v) is 4.24. The maximum Gasteiger partial charge on any atom is 0.355 e. The number of ether oxygens (including phenoxy) is 3. The third-order valence-electron chi connectivity index (χ3n) is 4.24. The molecule has 0 saturated heterocycles. The summed E-state index contributed by atoms with van der Waals surface area (Å²) in [5.41, 5.74) is 0.932. The van der Waals surface area contributed by atoms with Crippen LogP contribution in [0.4, 0.5) is 14.5 Å². The van der Waals surface area contributed by atoms with E-state index in [1.807, 2.05) is 0 Å². The van der Waals surface area contributed by atoms with E-state index in [-0.39, 0.29) is 31.0 Å². The predicted molar refractivity (Wildman–Crippen MR) is 83.1 cm³/mol. The number of hydrogen-bond donors (Lipinski definition) is 0. The normalized spacial score (nSPS) is 21.8. The molecule has 1 aromatic rings. The fourth-order valence-corrected chi connectivity index (χ4v) is 2.83. The molecule has 1 unspecified atom stereocenters. The topological polar surface area (TPSA) is 65.1 Å². The molecular formula is C17H17F2NO5. The van der Waals surface area contributed by atoms with Gasteiger partial charge in [-0.3, -0.25) is 0 Å². The Bertz CT molecular complexity index is 746. The van der Waals surface area contributed by atoms with Crippen LogP contribution in [0.1, 0.15) is 17.9 Å². The second-order valence-corrected chi connectivity index (χ2v) is 5.83. The van der Waals surface area contributed by atoms with Crippen LogP contribution in [0.3, 0.4) is 0 Å². The van der Waals surface area contributed by atoms with Crippen LogP contribution in [0.25, 0.3) is 0 Å². The molecule has 25 heavy (non-hydrogen) atoms. The van der Waals surface area contributed by atoms with Crippen LogP contribution in [0.15, 0.2) is 35.5 Å². The van der Waals surface area contributed by atoms with Crippen LogP contribution in [0.2, 0.25) is 0 Å². The second kappa shape index (κ2) is 6.44. The Morgan fingerprint density at radius 1 is 1.24 bits per heavy atom. The van der Waals surface area contributed by atoms with Crippen LogP contribution in [-0.2, 0) is 23.8 Å². The Labute approximate surface area is 142 Å². The van der Waals surface area contributed by atoms with Gasteiger partial charge in [-0.05, 0) is 17.7 Å². The summed E-state index contributed by atoms with van der Waals surface area (Å²) in [6.45, 7) is -0.122. The van der Waals surface area contributed by atoms with Gasteiger partial charge in [0.1, 0.15) is 12.4 Å². The number of methoxy groups -OCH3 is 2. The van der Waals surface area contributed by atoms with E-state index < -0.39 is 23.8 Å². The Morgan fingerprint density at radius 2 is 1.92 bits per heavy atom. The third kappa shape index (κ3) is 3.21. The Balaban J connectivity index is 2.01. The van der Waals surface area contributed by atoms with Crippen molar-refractivity contribution >= 4 is 17.6 Å². The highest BCUT2D eigenvalue weighted by molar-refractivity contribution is 6.03. The summed E-state index contributed by atoms with van der Waals surface area (Å²) in [4.78, 5) is 25.6. The molecule has 3 rings (SSSR count). The number of rotatable bonds is 4. The molecule has 2 aliphatic rings. The first-order chi connectivity index (χ1) is 11.9. The number of hydrogen-bond acceptors (Lipinski definition) is 6. The Kier molecular flexibility index (Phi) is 4.47. The van der Waals surface area contributed by atoms with Crippen molar-refractivity contribution < 1.29 is 32.6 Å². The van der Waals surface area contributed by atoms with Crippen LogP contribution < -0.4 is 4.90 Å². The molecular weight excluding hydrogens is 336 g/mol. The first-order valence-corrected chi connectivity index (χ1v) is 7.62. The smallest absolute Gasteiger partial charge is 0.355 e. The molecule has 1 aromatic carbocycles. The monoisotopic (exact) mass is 353 g/mol. The van der Waals surface area contributed by atoms with E-state index >= 15 is 0 Å². The molecule has 8 heteroatoms. The molecule has 0 radical (unpaired) electrons. The largest absolute Gasteiger partial charge is 0.466 e. The zero-order chi connectivity index (χ0) is 18.2. The maximum atomic E-state index is 13.3. The summed E-state index contributed by atoms with van der Waals surface area (Å²) in [6, 6.07) is 6.46. The van der Waals surface area contributed by atoms with Gasteiger partial charge >= 0.3 is 11.9 Å². The van der Waals surface area contributed by atoms with E-state index in [4.69, 9.17) is 9.47 Å². The summed E-state index contributed by atoms with van der Waals surface area (Å²) in [6.07, 6.45) is -0.194. The molecule has 0 spiro atoms. The molecule has 1 saturated carbocycles. The number of benzene rings is 1. The zero-order valence-corrected chi connectivity index (χ0v) is 13.8. The SMILES string of the molecule is COC(=O)C1=C(C(=O)OC)N(c2cccc(C3CC3(F)F)c2)COC1. The van der Waals surface area contributed by atoms with E-state index in [1.54, 1.807) is 24.3 Å². The summed E-state index contributed by atoms with van der Waals surface area (Å²) >= 11 is 0. The summed E-state index contributed by atoms with van der Waals surface area (Å²) < 4.78 is 41.5. The molecule has 6 nitrogen and oxygen atoms in total. The van der Waals surface area contributed by atoms with Gasteiger partial charge < -0.3 is 19.1 Å². The fourth-order valence-electron chi connectivity index (χ4n) is 2.83. The highest BCUT2D eigenvalue weighted by atomic mass is 19.3. The molecule has 1 aliphatic heterocycles. The van der Waals surface area contributed by atoms with Gasteiger partial charge in [-0.1, -0.05) is 12.1 Å². The van der Waals surface area contributed by atoms with Crippen LogP contribution >= 0.6 is 0 Å². The van der Waals surface area contributed by atoms with Gasteiger partial charge in [-0.2, -0.15) is 0 Å². The van der Waals surface area contributed by atoms with Crippen molar-refractivity contribution in [3.63, 3.8) is 0 Å².